The highest BCUT2D eigenvalue weighted by molar-refractivity contribution is 7.84. The summed E-state index contributed by atoms with van der Waals surface area (Å²) >= 11 is 0. The van der Waals surface area contributed by atoms with E-state index in [0.717, 1.165) is 23.3 Å². The van der Waals surface area contributed by atoms with Gasteiger partial charge < -0.3 is 10.4 Å². The molecular weight excluding hydrogens is 294 g/mol. The Morgan fingerprint density at radius 1 is 1.18 bits per heavy atom. The molecule has 0 spiro atoms. The van der Waals surface area contributed by atoms with Crippen molar-refractivity contribution in [3.63, 3.8) is 0 Å². The van der Waals surface area contributed by atoms with Gasteiger partial charge in [-0.15, -0.1) is 0 Å². The highest BCUT2D eigenvalue weighted by Gasteiger charge is 2.37. The van der Waals surface area contributed by atoms with E-state index in [1.165, 1.54) is 11.1 Å². The van der Waals surface area contributed by atoms with Crippen molar-refractivity contribution in [2.45, 2.75) is 29.8 Å². The third-order valence-corrected chi connectivity index (χ3v) is 5.45. The van der Waals surface area contributed by atoms with E-state index in [0.29, 0.717) is 6.54 Å². The minimum Gasteiger partial charge on any atom is -0.394 e. The predicted octanol–water partition coefficient (Wildman–Crippen LogP) is 2.35. The van der Waals surface area contributed by atoms with E-state index in [1.54, 1.807) is 6.26 Å². The Kier molecular flexibility index (Phi) is 4.43. The summed E-state index contributed by atoms with van der Waals surface area (Å²) in [5, 5.41) is 13.5. The smallest absolute Gasteiger partial charge is 0.0677 e. The third-order valence-electron chi connectivity index (χ3n) is 4.51. The van der Waals surface area contributed by atoms with Gasteiger partial charge in [-0.1, -0.05) is 36.4 Å². The molecule has 0 radical (unpaired) electrons. The second kappa shape index (κ2) is 6.32. The zero-order valence-electron chi connectivity index (χ0n) is 12.7. The fourth-order valence-electron chi connectivity index (χ4n) is 3.16. The molecule has 2 aromatic carbocycles. The van der Waals surface area contributed by atoms with E-state index in [2.05, 4.69) is 23.5 Å². The molecule has 0 amide bonds. The fourth-order valence-corrected chi connectivity index (χ4v) is 3.68. The van der Waals surface area contributed by atoms with Crippen molar-refractivity contribution in [1.29, 1.82) is 0 Å². The lowest BCUT2D eigenvalue weighted by Crippen LogP contribution is -2.43. The first-order valence-corrected chi connectivity index (χ1v) is 9.07. The van der Waals surface area contributed by atoms with Crippen LogP contribution in [0.15, 0.2) is 53.4 Å². The van der Waals surface area contributed by atoms with Crippen molar-refractivity contribution in [3.05, 3.63) is 65.2 Å². The lowest BCUT2D eigenvalue weighted by molar-refractivity contribution is 0.159. The third kappa shape index (κ3) is 2.86. The van der Waals surface area contributed by atoms with Gasteiger partial charge in [0.05, 0.1) is 12.1 Å². The molecular formula is C18H21NO2S. The summed E-state index contributed by atoms with van der Waals surface area (Å²) in [6.45, 7) is 0.784. The average molecular weight is 315 g/mol. The maximum atomic E-state index is 11.4. The molecule has 0 aromatic heterocycles. The van der Waals surface area contributed by atoms with Gasteiger partial charge in [-0.05, 0) is 41.7 Å². The van der Waals surface area contributed by atoms with Gasteiger partial charge in [-0.25, -0.2) is 0 Å². The Morgan fingerprint density at radius 3 is 2.59 bits per heavy atom. The van der Waals surface area contributed by atoms with Gasteiger partial charge in [-0.3, -0.25) is 4.21 Å². The maximum Gasteiger partial charge on any atom is 0.0677 e. The predicted molar refractivity (Wildman–Crippen MR) is 89.1 cm³/mol. The van der Waals surface area contributed by atoms with E-state index < -0.39 is 10.8 Å². The summed E-state index contributed by atoms with van der Waals surface area (Å²) in [5.41, 5.74) is 3.32. The van der Waals surface area contributed by atoms with Crippen LogP contribution in [-0.4, -0.2) is 22.2 Å². The number of benzene rings is 2. The second-order valence-electron chi connectivity index (χ2n) is 5.85. The highest BCUT2D eigenvalue weighted by Crippen LogP contribution is 2.36. The molecule has 2 unspecified atom stereocenters. The lowest BCUT2D eigenvalue weighted by atomic mass is 9.92. The molecule has 2 aromatic rings. The van der Waals surface area contributed by atoms with Crippen LogP contribution in [0.4, 0.5) is 0 Å². The molecule has 2 N–H and O–H groups in total. The molecule has 0 fully saturated rings. The molecule has 4 heteroatoms. The van der Waals surface area contributed by atoms with Crippen LogP contribution in [0, 0.1) is 0 Å². The largest absolute Gasteiger partial charge is 0.394 e. The van der Waals surface area contributed by atoms with Crippen LogP contribution in [0.3, 0.4) is 0 Å². The molecule has 0 heterocycles. The molecule has 1 aliphatic rings. The SMILES string of the molecule is CS(=O)c1ccc(CNC2(CO)CCc3ccccc32)cc1. The standard InChI is InChI=1S/C18H21NO2S/c1-22(21)16-8-6-14(7-9-16)12-19-18(13-20)11-10-15-4-2-3-5-17(15)18/h2-9,19-20H,10-13H2,1H3. The fraction of sp³-hybridized carbons (Fsp3) is 0.333. The van der Waals surface area contributed by atoms with Gasteiger partial charge in [0, 0.05) is 28.5 Å². The Hall–Kier alpha value is -1.49. The van der Waals surface area contributed by atoms with Crippen LogP contribution >= 0.6 is 0 Å². The number of aliphatic hydroxyl groups excluding tert-OH is 1. The summed E-state index contributed by atoms with van der Waals surface area (Å²) < 4.78 is 11.4. The van der Waals surface area contributed by atoms with Crippen LogP contribution in [0.5, 0.6) is 0 Å². The second-order valence-corrected chi connectivity index (χ2v) is 7.23. The van der Waals surface area contributed by atoms with E-state index in [-0.39, 0.29) is 12.1 Å². The van der Waals surface area contributed by atoms with Gasteiger partial charge in [0.1, 0.15) is 0 Å². The molecule has 2 atom stereocenters. The Morgan fingerprint density at radius 2 is 1.91 bits per heavy atom. The number of fused-ring (bicyclic) bond motifs is 1. The molecule has 0 aliphatic heterocycles. The molecule has 22 heavy (non-hydrogen) atoms. The summed E-state index contributed by atoms with van der Waals surface area (Å²) in [6.07, 6.45) is 3.60. The molecule has 3 nitrogen and oxygen atoms in total. The number of rotatable bonds is 5. The Labute approximate surface area is 133 Å². The first-order valence-electron chi connectivity index (χ1n) is 7.51. The minimum absolute atomic E-state index is 0.0983. The first kappa shape index (κ1) is 15.4. The summed E-state index contributed by atoms with van der Waals surface area (Å²) in [4.78, 5) is 0.840. The van der Waals surface area contributed by atoms with Crippen molar-refractivity contribution in [3.8, 4) is 0 Å². The van der Waals surface area contributed by atoms with Crippen molar-refractivity contribution < 1.29 is 9.32 Å². The molecule has 0 saturated heterocycles. The van der Waals surface area contributed by atoms with Gasteiger partial charge in [0.25, 0.3) is 0 Å². The van der Waals surface area contributed by atoms with E-state index in [1.807, 2.05) is 30.3 Å². The zero-order chi connectivity index (χ0) is 15.6. The van der Waals surface area contributed by atoms with E-state index in [4.69, 9.17) is 0 Å². The first-order chi connectivity index (χ1) is 10.6. The quantitative estimate of drug-likeness (QED) is 0.890. The molecule has 1 aliphatic carbocycles. The van der Waals surface area contributed by atoms with Crippen molar-refractivity contribution in [1.82, 2.24) is 5.32 Å². The summed E-state index contributed by atoms with van der Waals surface area (Å²) in [7, 11) is -0.943. The van der Waals surface area contributed by atoms with Crippen LogP contribution in [0.1, 0.15) is 23.1 Å². The molecule has 0 saturated carbocycles. The summed E-state index contributed by atoms with van der Waals surface area (Å²) in [5.74, 6) is 0. The molecule has 3 rings (SSSR count). The number of nitrogens with one attached hydrogen (secondary N) is 1. The van der Waals surface area contributed by atoms with Crippen LogP contribution < -0.4 is 5.32 Å². The lowest BCUT2D eigenvalue weighted by Gasteiger charge is -2.30. The van der Waals surface area contributed by atoms with Crippen LogP contribution in [0.25, 0.3) is 0 Å². The van der Waals surface area contributed by atoms with Crippen LogP contribution in [-0.2, 0) is 29.3 Å². The number of hydrogen-bond acceptors (Lipinski definition) is 3. The minimum atomic E-state index is -0.943. The normalized spacial score (nSPS) is 21.5. The molecule has 116 valence electrons. The average Bonchev–Trinajstić information content (AvgIpc) is 2.93. The van der Waals surface area contributed by atoms with Crippen molar-refractivity contribution in [2.75, 3.05) is 12.9 Å². The molecule has 0 bridgehead atoms. The van der Waals surface area contributed by atoms with Crippen LogP contribution in [0.2, 0.25) is 0 Å². The van der Waals surface area contributed by atoms with Gasteiger partial charge in [-0.2, -0.15) is 0 Å². The maximum absolute atomic E-state index is 11.4. The number of aliphatic hydroxyl groups is 1. The Bertz CT molecular complexity index is 684. The van der Waals surface area contributed by atoms with E-state index >= 15 is 0 Å². The zero-order valence-corrected chi connectivity index (χ0v) is 13.5. The van der Waals surface area contributed by atoms with Crippen molar-refractivity contribution >= 4 is 10.8 Å². The van der Waals surface area contributed by atoms with Gasteiger partial charge in [0.2, 0.25) is 0 Å². The van der Waals surface area contributed by atoms with E-state index in [9.17, 15) is 9.32 Å². The highest BCUT2D eigenvalue weighted by atomic mass is 32.2. The van der Waals surface area contributed by atoms with Crippen molar-refractivity contribution in [2.24, 2.45) is 0 Å². The summed E-state index contributed by atoms with van der Waals surface area (Å²) in [6, 6.07) is 16.1. The number of aryl methyl sites for hydroxylation is 1. The monoisotopic (exact) mass is 315 g/mol. The number of hydrogen-bond donors (Lipinski definition) is 2. The van der Waals surface area contributed by atoms with Gasteiger partial charge >= 0.3 is 0 Å². The Balaban J connectivity index is 1.76. The topological polar surface area (TPSA) is 49.3 Å². The van der Waals surface area contributed by atoms with Gasteiger partial charge in [0.15, 0.2) is 0 Å².